The summed E-state index contributed by atoms with van der Waals surface area (Å²) in [6.07, 6.45) is 2.56. The van der Waals surface area contributed by atoms with Gasteiger partial charge in [-0.15, -0.1) is 11.6 Å². The molecule has 0 aliphatic heterocycles. The maximum Gasteiger partial charge on any atom is 0.139 e. The zero-order chi connectivity index (χ0) is 15.1. The fourth-order valence-corrected chi connectivity index (χ4v) is 3.25. The van der Waals surface area contributed by atoms with Crippen molar-refractivity contribution < 1.29 is 4.39 Å². The van der Waals surface area contributed by atoms with Crippen molar-refractivity contribution in [2.24, 2.45) is 0 Å². The van der Waals surface area contributed by atoms with E-state index in [1.165, 1.54) is 18.9 Å². The summed E-state index contributed by atoms with van der Waals surface area (Å²) in [5.74, 6) is 0.824. The van der Waals surface area contributed by atoms with Gasteiger partial charge in [-0.3, -0.25) is 4.90 Å². The summed E-state index contributed by atoms with van der Waals surface area (Å²) in [4.78, 5) is 6.86. The summed E-state index contributed by atoms with van der Waals surface area (Å²) >= 11 is 9.27. The molecule has 114 valence electrons. The monoisotopic (exact) mass is 373 g/mol. The molecule has 0 bridgehead atoms. The van der Waals surface area contributed by atoms with Gasteiger partial charge in [-0.05, 0) is 48.8 Å². The Hall–Kier alpha value is -0.650. The van der Waals surface area contributed by atoms with E-state index in [0.717, 1.165) is 17.9 Å². The highest BCUT2D eigenvalue weighted by atomic mass is 79.9. The summed E-state index contributed by atoms with van der Waals surface area (Å²) in [7, 11) is 2.16. The molecule has 6 heteroatoms. The maximum atomic E-state index is 13.7. The van der Waals surface area contributed by atoms with Crippen LogP contribution in [0.4, 0.5) is 4.39 Å². The summed E-state index contributed by atoms with van der Waals surface area (Å²) in [6, 6.07) is 4.35. The smallest absolute Gasteiger partial charge is 0.139 e. The van der Waals surface area contributed by atoms with Crippen molar-refractivity contribution in [1.82, 2.24) is 14.5 Å². The number of benzene rings is 1. The standard InChI is InChI=1S/C15H18BrClFN3/c1-9(20(2)10-3-4-10)8-21-14-5-11(16)12(18)6-13(14)19-15(21)7-17/h5-6,9-10H,3-4,7-8H2,1-2H3. The van der Waals surface area contributed by atoms with E-state index >= 15 is 0 Å². The van der Waals surface area contributed by atoms with Crippen LogP contribution in [0.25, 0.3) is 11.0 Å². The van der Waals surface area contributed by atoms with Crippen LogP contribution in [0, 0.1) is 5.82 Å². The number of aromatic nitrogens is 2. The third kappa shape index (κ3) is 2.96. The molecule has 0 spiro atoms. The lowest BCUT2D eigenvalue weighted by molar-refractivity contribution is 0.226. The molecule has 0 saturated heterocycles. The number of imidazole rings is 1. The number of likely N-dealkylation sites (N-methyl/N-ethyl adjacent to an activating group) is 1. The number of rotatable bonds is 5. The van der Waals surface area contributed by atoms with Crippen LogP contribution in [0.15, 0.2) is 16.6 Å². The molecule has 1 aliphatic carbocycles. The van der Waals surface area contributed by atoms with E-state index in [9.17, 15) is 4.39 Å². The molecule has 3 rings (SSSR count). The largest absolute Gasteiger partial charge is 0.325 e. The second-order valence-corrected chi connectivity index (χ2v) is 6.89. The van der Waals surface area contributed by atoms with Crippen LogP contribution in [0.2, 0.25) is 0 Å². The Morgan fingerprint density at radius 3 is 2.86 bits per heavy atom. The quantitative estimate of drug-likeness (QED) is 0.733. The second-order valence-electron chi connectivity index (χ2n) is 5.77. The van der Waals surface area contributed by atoms with Crippen molar-refractivity contribution in [3.8, 4) is 0 Å². The molecule has 1 unspecified atom stereocenters. The summed E-state index contributed by atoms with van der Waals surface area (Å²) < 4.78 is 16.2. The van der Waals surface area contributed by atoms with Crippen molar-refractivity contribution in [3.63, 3.8) is 0 Å². The van der Waals surface area contributed by atoms with Gasteiger partial charge in [0.05, 0.1) is 21.4 Å². The average Bonchev–Trinajstić information content (AvgIpc) is 3.25. The lowest BCUT2D eigenvalue weighted by atomic mass is 10.2. The molecule has 1 saturated carbocycles. The van der Waals surface area contributed by atoms with Gasteiger partial charge in [0.1, 0.15) is 11.6 Å². The first kappa shape index (κ1) is 15.3. The minimum atomic E-state index is -0.295. The lowest BCUT2D eigenvalue weighted by Gasteiger charge is -2.25. The SMILES string of the molecule is CC(Cn1c(CCl)nc2cc(F)c(Br)cc21)N(C)C1CC1. The molecule has 1 atom stereocenters. The van der Waals surface area contributed by atoms with Gasteiger partial charge in [-0.2, -0.15) is 0 Å². The maximum absolute atomic E-state index is 13.7. The van der Waals surface area contributed by atoms with Crippen LogP contribution < -0.4 is 0 Å². The first-order valence-corrected chi connectivity index (χ1v) is 8.46. The van der Waals surface area contributed by atoms with E-state index in [1.807, 2.05) is 0 Å². The number of alkyl halides is 1. The van der Waals surface area contributed by atoms with Gasteiger partial charge < -0.3 is 4.57 Å². The van der Waals surface area contributed by atoms with E-state index in [0.29, 0.717) is 28.0 Å². The van der Waals surface area contributed by atoms with Gasteiger partial charge in [0, 0.05) is 24.7 Å². The number of hydrogen-bond donors (Lipinski definition) is 0. The fraction of sp³-hybridized carbons (Fsp3) is 0.533. The zero-order valence-electron chi connectivity index (χ0n) is 12.1. The third-order valence-electron chi connectivity index (χ3n) is 4.25. The van der Waals surface area contributed by atoms with Crippen LogP contribution in [-0.2, 0) is 12.4 Å². The van der Waals surface area contributed by atoms with Crippen LogP contribution >= 0.6 is 27.5 Å². The van der Waals surface area contributed by atoms with Crippen LogP contribution in [0.5, 0.6) is 0 Å². The van der Waals surface area contributed by atoms with Crippen molar-refractivity contribution >= 4 is 38.6 Å². The van der Waals surface area contributed by atoms with E-state index in [-0.39, 0.29) is 5.82 Å². The van der Waals surface area contributed by atoms with Gasteiger partial charge in [-0.1, -0.05) is 0 Å². The topological polar surface area (TPSA) is 21.1 Å². The normalized spacial score (nSPS) is 16.9. The number of halogens is 3. The Bertz CT molecular complexity index is 668. The molecule has 1 aliphatic rings. The van der Waals surface area contributed by atoms with E-state index in [2.05, 4.69) is 44.4 Å². The molecule has 0 N–H and O–H groups in total. The number of fused-ring (bicyclic) bond motifs is 1. The predicted molar refractivity (Wildman–Crippen MR) is 87.2 cm³/mol. The molecule has 0 amide bonds. The first-order chi connectivity index (χ1) is 10.0. The predicted octanol–water partition coefficient (Wildman–Crippen LogP) is 4.16. The van der Waals surface area contributed by atoms with Crippen molar-refractivity contribution in [1.29, 1.82) is 0 Å². The molecular formula is C15H18BrClFN3. The molecule has 1 aromatic heterocycles. The Kier molecular flexibility index (Phi) is 4.26. The number of nitrogens with zero attached hydrogens (tertiary/aromatic N) is 3. The zero-order valence-corrected chi connectivity index (χ0v) is 14.5. The van der Waals surface area contributed by atoms with Crippen molar-refractivity contribution in [2.75, 3.05) is 7.05 Å². The van der Waals surface area contributed by atoms with E-state index in [4.69, 9.17) is 11.6 Å². The first-order valence-electron chi connectivity index (χ1n) is 7.13. The van der Waals surface area contributed by atoms with Crippen molar-refractivity contribution in [3.05, 3.63) is 28.2 Å². The molecule has 2 aromatic rings. The summed E-state index contributed by atoms with van der Waals surface area (Å²) in [6.45, 7) is 3.02. The van der Waals surface area contributed by atoms with Crippen LogP contribution in [0.3, 0.4) is 0 Å². The highest BCUT2D eigenvalue weighted by molar-refractivity contribution is 9.10. The van der Waals surface area contributed by atoms with E-state index in [1.54, 1.807) is 6.07 Å². The van der Waals surface area contributed by atoms with E-state index < -0.39 is 0 Å². The third-order valence-corrected chi connectivity index (χ3v) is 5.10. The van der Waals surface area contributed by atoms with Crippen molar-refractivity contribution in [2.45, 2.75) is 44.3 Å². The number of hydrogen-bond acceptors (Lipinski definition) is 2. The molecule has 0 radical (unpaired) electrons. The van der Waals surface area contributed by atoms with Crippen LogP contribution in [0.1, 0.15) is 25.6 Å². The molecule has 3 nitrogen and oxygen atoms in total. The lowest BCUT2D eigenvalue weighted by Crippen LogP contribution is -2.34. The van der Waals surface area contributed by atoms with Crippen LogP contribution in [-0.4, -0.2) is 33.6 Å². The van der Waals surface area contributed by atoms with Gasteiger partial charge in [0.2, 0.25) is 0 Å². The minimum Gasteiger partial charge on any atom is -0.325 e. The Morgan fingerprint density at radius 2 is 2.24 bits per heavy atom. The molecule has 21 heavy (non-hydrogen) atoms. The molecule has 1 aromatic carbocycles. The Balaban J connectivity index is 1.97. The molecule has 1 fully saturated rings. The Labute approximate surface area is 137 Å². The fourth-order valence-electron chi connectivity index (χ4n) is 2.71. The minimum absolute atomic E-state index is 0.295. The highest BCUT2D eigenvalue weighted by Crippen LogP contribution is 2.29. The van der Waals surface area contributed by atoms with Gasteiger partial charge >= 0.3 is 0 Å². The molecule has 1 heterocycles. The average molecular weight is 375 g/mol. The Morgan fingerprint density at radius 1 is 1.52 bits per heavy atom. The highest BCUT2D eigenvalue weighted by Gasteiger charge is 2.29. The van der Waals surface area contributed by atoms with Gasteiger partial charge in [0.25, 0.3) is 0 Å². The summed E-state index contributed by atoms with van der Waals surface area (Å²) in [5.41, 5.74) is 1.59. The summed E-state index contributed by atoms with van der Waals surface area (Å²) in [5, 5.41) is 0. The van der Waals surface area contributed by atoms with Gasteiger partial charge in [-0.25, -0.2) is 9.37 Å². The molecular weight excluding hydrogens is 357 g/mol. The van der Waals surface area contributed by atoms with Gasteiger partial charge in [0.15, 0.2) is 0 Å². The second kappa shape index (κ2) is 5.86.